The number of likely N-dealkylation sites (N-methyl/N-ethyl adjacent to an activating group) is 1. The summed E-state index contributed by atoms with van der Waals surface area (Å²) in [6.07, 6.45) is 1.38. The molecule has 0 spiro atoms. The first kappa shape index (κ1) is 14.2. The molecule has 7 heteroatoms. The maximum absolute atomic E-state index is 12.5. The van der Waals surface area contributed by atoms with Gasteiger partial charge in [-0.1, -0.05) is 6.92 Å². The van der Waals surface area contributed by atoms with E-state index < -0.39 is 16.3 Å². The predicted octanol–water partition coefficient (Wildman–Crippen LogP) is -0.772. The van der Waals surface area contributed by atoms with E-state index in [0.717, 1.165) is 12.8 Å². The van der Waals surface area contributed by atoms with E-state index in [4.69, 9.17) is 0 Å². The molecule has 0 aliphatic carbocycles. The number of piperidine rings is 1. The van der Waals surface area contributed by atoms with Crippen molar-refractivity contribution in [1.29, 1.82) is 0 Å². The zero-order chi connectivity index (χ0) is 13.3. The van der Waals surface area contributed by atoms with Gasteiger partial charge in [0.2, 0.25) is 0 Å². The van der Waals surface area contributed by atoms with Crippen LogP contribution in [-0.4, -0.2) is 67.5 Å². The van der Waals surface area contributed by atoms with Crippen molar-refractivity contribution < 1.29 is 13.5 Å². The highest BCUT2D eigenvalue weighted by atomic mass is 32.2. The van der Waals surface area contributed by atoms with E-state index in [1.807, 2.05) is 0 Å². The Morgan fingerprint density at radius 2 is 2.11 bits per heavy atom. The van der Waals surface area contributed by atoms with E-state index in [9.17, 15) is 13.5 Å². The van der Waals surface area contributed by atoms with Gasteiger partial charge in [-0.3, -0.25) is 0 Å². The SMILES string of the molecule is CC1CCCN(S(=O)(=O)N(C)[C@H]2CNC[C@@H]2O)C1. The molecule has 2 saturated heterocycles. The van der Waals surface area contributed by atoms with Crippen molar-refractivity contribution in [1.82, 2.24) is 13.9 Å². The molecule has 1 unspecified atom stereocenters. The molecule has 3 atom stereocenters. The van der Waals surface area contributed by atoms with Crippen LogP contribution in [0.4, 0.5) is 0 Å². The van der Waals surface area contributed by atoms with Gasteiger partial charge in [-0.2, -0.15) is 17.0 Å². The number of rotatable bonds is 3. The van der Waals surface area contributed by atoms with E-state index >= 15 is 0 Å². The van der Waals surface area contributed by atoms with Crippen LogP contribution in [0.3, 0.4) is 0 Å². The van der Waals surface area contributed by atoms with Crippen molar-refractivity contribution in [2.24, 2.45) is 5.92 Å². The van der Waals surface area contributed by atoms with Crippen molar-refractivity contribution >= 4 is 10.2 Å². The number of nitrogens with one attached hydrogen (secondary N) is 1. The zero-order valence-corrected chi connectivity index (χ0v) is 11.9. The maximum Gasteiger partial charge on any atom is 0.282 e. The van der Waals surface area contributed by atoms with E-state index in [2.05, 4.69) is 12.2 Å². The molecular weight excluding hydrogens is 254 g/mol. The smallest absolute Gasteiger partial charge is 0.282 e. The number of aliphatic hydroxyl groups is 1. The Bertz CT molecular complexity index is 387. The van der Waals surface area contributed by atoms with Crippen LogP contribution >= 0.6 is 0 Å². The van der Waals surface area contributed by atoms with Gasteiger partial charge in [-0.05, 0) is 18.8 Å². The predicted molar refractivity (Wildman–Crippen MR) is 69.3 cm³/mol. The lowest BCUT2D eigenvalue weighted by atomic mass is 10.0. The van der Waals surface area contributed by atoms with E-state index in [0.29, 0.717) is 32.1 Å². The Kier molecular flexibility index (Phi) is 4.28. The summed E-state index contributed by atoms with van der Waals surface area (Å²) in [6.45, 7) is 4.23. The molecule has 0 saturated carbocycles. The second kappa shape index (κ2) is 5.42. The second-order valence-electron chi connectivity index (χ2n) is 5.42. The van der Waals surface area contributed by atoms with Gasteiger partial charge in [0.15, 0.2) is 0 Å². The van der Waals surface area contributed by atoms with Gasteiger partial charge >= 0.3 is 0 Å². The van der Waals surface area contributed by atoms with Crippen LogP contribution in [0.1, 0.15) is 19.8 Å². The van der Waals surface area contributed by atoms with Gasteiger partial charge in [0.05, 0.1) is 12.1 Å². The number of nitrogens with zero attached hydrogens (tertiary/aromatic N) is 2. The third-order valence-electron chi connectivity index (χ3n) is 3.93. The number of hydrogen-bond donors (Lipinski definition) is 2. The first-order chi connectivity index (χ1) is 8.43. The molecule has 2 aliphatic rings. The quantitative estimate of drug-likeness (QED) is 0.710. The van der Waals surface area contributed by atoms with E-state index in [1.165, 1.54) is 4.31 Å². The Hall–Kier alpha value is -0.210. The molecule has 6 nitrogen and oxygen atoms in total. The number of β-amino-alcohol motifs (C(OH)–C–C–N with tert-alkyl or cyclic N) is 1. The van der Waals surface area contributed by atoms with Crippen LogP contribution < -0.4 is 5.32 Å². The monoisotopic (exact) mass is 277 g/mol. The summed E-state index contributed by atoms with van der Waals surface area (Å²) in [5.41, 5.74) is 0. The van der Waals surface area contributed by atoms with Crippen molar-refractivity contribution in [3.8, 4) is 0 Å². The van der Waals surface area contributed by atoms with Crippen molar-refractivity contribution in [3.63, 3.8) is 0 Å². The molecule has 0 amide bonds. The molecule has 2 rings (SSSR count). The van der Waals surface area contributed by atoms with Crippen molar-refractivity contribution in [2.45, 2.75) is 31.9 Å². The summed E-state index contributed by atoms with van der Waals surface area (Å²) in [5.74, 6) is 0.411. The normalized spacial score (nSPS) is 35.2. The summed E-state index contributed by atoms with van der Waals surface area (Å²) in [7, 11) is -1.88. The standard InChI is InChI=1S/C11H23N3O3S/c1-9-4-3-5-14(8-9)18(16,17)13(2)10-6-12-7-11(10)15/h9-12,15H,3-8H2,1-2H3/t9?,10-,11-/m0/s1. The highest BCUT2D eigenvalue weighted by Gasteiger charge is 2.38. The summed E-state index contributed by atoms with van der Waals surface area (Å²) in [4.78, 5) is 0. The van der Waals surface area contributed by atoms with Crippen LogP contribution in [0.25, 0.3) is 0 Å². The lowest BCUT2D eigenvalue weighted by molar-refractivity contribution is 0.131. The molecule has 18 heavy (non-hydrogen) atoms. The highest BCUT2D eigenvalue weighted by Crippen LogP contribution is 2.22. The van der Waals surface area contributed by atoms with Crippen LogP contribution in [0, 0.1) is 5.92 Å². The third-order valence-corrected chi connectivity index (χ3v) is 5.91. The lowest BCUT2D eigenvalue weighted by Crippen LogP contribution is -2.52. The molecular formula is C11H23N3O3S. The van der Waals surface area contributed by atoms with Gasteiger partial charge in [-0.15, -0.1) is 0 Å². The van der Waals surface area contributed by atoms with Gasteiger partial charge in [-0.25, -0.2) is 0 Å². The fourth-order valence-corrected chi connectivity index (χ4v) is 4.46. The average molecular weight is 277 g/mol. The Balaban J connectivity index is 2.09. The number of hydrogen-bond acceptors (Lipinski definition) is 4. The molecule has 0 aromatic heterocycles. The molecule has 0 bridgehead atoms. The van der Waals surface area contributed by atoms with Crippen LogP contribution in [-0.2, 0) is 10.2 Å². The fraction of sp³-hybridized carbons (Fsp3) is 1.00. The first-order valence-corrected chi connectivity index (χ1v) is 7.94. The van der Waals surface area contributed by atoms with Gasteiger partial charge in [0.25, 0.3) is 10.2 Å². The summed E-state index contributed by atoms with van der Waals surface area (Å²) >= 11 is 0. The molecule has 2 heterocycles. The van der Waals surface area contributed by atoms with Gasteiger partial charge < -0.3 is 10.4 Å². The fourth-order valence-electron chi connectivity index (χ4n) is 2.73. The Morgan fingerprint density at radius 3 is 2.67 bits per heavy atom. The van der Waals surface area contributed by atoms with Gasteiger partial charge in [0.1, 0.15) is 0 Å². The zero-order valence-electron chi connectivity index (χ0n) is 11.0. The molecule has 0 radical (unpaired) electrons. The van der Waals surface area contributed by atoms with Gasteiger partial charge in [0, 0.05) is 33.2 Å². The Labute approximate surface area is 109 Å². The van der Waals surface area contributed by atoms with Crippen LogP contribution in [0.5, 0.6) is 0 Å². The summed E-state index contributed by atoms with van der Waals surface area (Å²) in [5, 5.41) is 12.8. The molecule has 2 aliphatic heterocycles. The molecule has 0 aromatic carbocycles. The molecule has 2 N–H and O–H groups in total. The largest absolute Gasteiger partial charge is 0.390 e. The van der Waals surface area contributed by atoms with Crippen molar-refractivity contribution in [2.75, 3.05) is 33.2 Å². The van der Waals surface area contributed by atoms with E-state index in [-0.39, 0.29) is 6.04 Å². The minimum absolute atomic E-state index is 0.354. The summed E-state index contributed by atoms with van der Waals surface area (Å²) < 4.78 is 27.8. The summed E-state index contributed by atoms with van der Waals surface area (Å²) in [6, 6.07) is -0.354. The maximum atomic E-state index is 12.5. The molecule has 0 aromatic rings. The molecule has 2 fully saturated rings. The lowest BCUT2D eigenvalue weighted by Gasteiger charge is -2.35. The average Bonchev–Trinajstić information content (AvgIpc) is 2.74. The van der Waals surface area contributed by atoms with E-state index in [1.54, 1.807) is 11.4 Å². The highest BCUT2D eigenvalue weighted by molar-refractivity contribution is 7.86. The topological polar surface area (TPSA) is 72.9 Å². The van der Waals surface area contributed by atoms with Crippen LogP contribution in [0.2, 0.25) is 0 Å². The second-order valence-corrected chi connectivity index (χ2v) is 7.41. The van der Waals surface area contributed by atoms with Crippen LogP contribution in [0.15, 0.2) is 0 Å². The minimum Gasteiger partial charge on any atom is -0.390 e. The Morgan fingerprint density at radius 1 is 1.39 bits per heavy atom. The van der Waals surface area contributed by atoms with Crippen molar-refractivity contribution in [3.05, 3.63) is 0 Å². The first-order valence-electron chi connectivity index (χ1n) is 6.55. The minimum atomic E-state index is -3.44. The third kappa shape index (κ3) is 2.70. The number of aliphatic hydroxyl groups excluding tert-OH is 1. The molecule has 106 valence electrons.